The van der Waals surface area contributed by atoms with Gasteiger partial charge in [-0.25, -0.2) is 9.97 Å². The zero-order valence-corrected chi connectivity index (χ0v) is 27.1. The lowest BCUT2D eigenvalue weighted by molar-refractivity contribution is 1.01. The fourth-order valence-electron chi connectivity index (χ4n) is 7.94. The molecule has 0 radical (unpaired) electrons. The molecule has 9 aromatic rings. The molecule has 0 fully saturated rings. The molecule has 0 aliphatic carbocycles. The van der Waals surface area contributed by atoms with Crippen LogP contribution in [0.25, 0.3) is 77.6 Å². The maximum atomic E-state index is 5.56. The molecule has 0 saturated carbocycles. The highest BCUT2D eigenvalue weighted by Gasteiger charge is 2.41. The van der Waals surface area contributed by atoms with Crippen molar-refractivity contribution in [1.29, 1.82) is 0 Å². The van der Waals surface area contributed by atoms with Gasteiger partial charge in [0.05, 0.1) is 27.8 Å². The lowest BCUT2D eigenvalue weighted by Gasteiger charge is -2.19. The predicted octanol–water partition coefficient (Wildman–Crippen LogP) is 9.14. The first-order chi connectivity index (χ1) is 23.1. The van der Waals surface area contributed by atoms with Gasteiger partial charge >= 0.3 is 0 Å². The van der Waals surface area contributed by atoms with Gasteiger partial charge in [0.15, 0.2) is 0 Å². The van der Waals surface area contributed by atoms with E-state index in [-0.39, 0.29) is 0 Å². The highest BCUT2D eigenvalue weighted by molar-refractivity contribution is 7.03. The fourth-order valence-corrected chi connectivity index (χ4v) is 10.8. The van der Waals surface area contributed by atoms with Crippen molar-refractivity contribution in [3.63, 3.8) is 0 Å². The number of hydrogen-bond acceptors (Lipinski definition) is 2. The Labute approximate surface area is 273 Å². The van der Waals surface area contributed by atoms with E-state index in [1.165, 1.54) is 54.2 Å². The summed E-state index contributed by atoms with van der Waals surface area (Å²) in [4.78, 5) is 11.1. The van der Waals surface area contributed by atoms with Gasteiger partial charge in [-0.3, -0.25) is 4.57 Å². The van der Waals surface area contributed by atoms with Gasteiger partial charge in [0.2, 0.25) is 5.95 Å². The fraction of sp³-hybridized carbons (Fsp3) is 0.0476. The normalized spacial score (nSPS) is 13.5. The molecule has 0 atom stereocenters. The van der Waals surface area contributed by atoms with E-state index in [4.69, 9.17) is 9.97 Å². The van der Waals surface area contributed by atoms with Crippen LogP contribution in [0.4, 0.5) is 0 Å². The monoisotopic (exact) mass is 618 g/mol. The van der Waals surface area contributed by atoms with Gasteiger partial charge in [0.25, 0.3) is 0 Å². The van der Waals surface area contributed by atoms with Crippen LogP contribution in [-0.2, 0) is 0 Å². The van der Waals surface area contributed by atoms with E-state index in [0.717, 1.165) is 33.9 Å². The minimum atomic E-state index is -2.11. The molecule has 0 N–H and O–H groups in total. The van der Waals surface area contributed by atoms with Crippen LogP contribution < -0.4 is 10.5 Å². The molecular weight excluding hydrogens is 589 g/mol. The molecule has 6 aromatic carbocycles. The van der Waals surface area contributed by atoms with Crippen molar-refractivity contribution < 1.29 is 0 Å². The summed E-state index contributed by atoms with van der Waals surface area (Å²) < 4.78 is 4.69. The van der Waals surface area contributed by atoms with E-state index in [2.05, 4.69) is 168 Å². The van der Waals surface area contributed by atoms with E-state index in [9.17, 15) is 0 Å². The highest BCUT2D eigenvalue weighted by Crippen LogP contribution is 2.40. The summed E-state index contributed by atoms with van der Waals surface area (Å²) in [6, 6.07) is 52.3. The Kier molecular flexibility index (Phi) is 5.41. The smallest absolute Gasteiger partial charge is 0.235 e. The predicted molar refractivity (Wildman–Crippen MR) is 198 cm³/mol. The first-order valence-corrected chi connectivity index (χ1v) is 19.2. The largest absolute Gasteiger partial charge is 0.309 e. The standard InChI is InChI=1S/C42H30N4Si/c1-47(2)38-24-14-11-21-31(38)39-40(27-15-5-3-6-16-27)43-42(44-41(39)47)46-35-23-13-10-20-30(35)33-25-32-29-19-9-12-22-34(29)45(36(32)26-37(33)46)28-17-7-4-8-18-28/h3-26H,1-2H3. The van der Waals surface area contributed by atoms with Crippen molar-refractivity contribution in [3.8, 4) is 34.0 Å². The number of para-hydroxylation sites is 3. The summed E-state index contributed by atoms with van der Waals surface area (Å²) >= 11 is 0. The van der Waals surface area contributed by atoms with Gasteiger partial charge in [-0.2, -0.15) is 0 Å². The summed E-state index contributed by atoms with van der Waals surface area (Å²) in [5.41, 5.74) is 10.3. The lowest BCUT2D eigenvalue weighted by atomic mass is 10.0. The van der Waals surface area contributed by atoms with Crippen LogP contribution in [0.15, 0.2) is 146 Å². The number of hydrogen-bond donors (Lipinski definition) is 0. The van der Waals surface area contributed by atoms with Gasteiger partial charge < -0.3 is 4.57 Å². The zero-order chi connectivity index (χ0) is 31.3. The quantitative estimate of drug-likeness (QED) is 0.185. The van der Waals surface area contributed by atoms with E-state index >= 15 is 0 Å². The van der Waals surface area contributed by atoms with Gasteiger partial charge in [-0.05, 0) is 47.1 Å². The van der Waals surface area contributed by atoms with Gasteiger partial charge in [0.1, 0.15) is 8.07 Å². The van der Waals surface area contributed by atoms with Crippen LogP contribution in [0.3, 0.4) is 0 Å². The molecule has 0 unspecified atom stereocenters. The molecule has 1 aliphatic rings. The highest BCUT2D eigenvalue weighted by atomic mass is 28.3. The summed E-state index contributed by atoms with van der Waals surface area (Å²) in [7, 11) is -2.11. The average Bonchev–Trinajstić information content (AvgIpc) is 3.70. The Morgan fingerprint density at radius 2 is 1.06 bits per heavy atom. The summed E-state index contributed by atoms with van der Waals surface area (Å²) in [5.74, 6) is 0.726. The van der Waals surface area contributed by atoms with Crippen molar-refractivity contribution in [3.05, 3.63) is 146 Å². The Hall–Kier alpha value is -5.78. The summed E-state index contributed by atoms with van der Waals surface area (Å²) in [6.45, 7) is 4.86. The number of benzene rings is 6. The van der Waals surface area contributed by atoms with Crippen molar-refractivity contribution in [2.75, 3.05) is 0 Å². The van der Waals surface area contributed by atoms with Crippen molar-refractivity contribution >= 4 is 62.2 Å². The SMILES string of the molecule is C[Si]1(C)c2ccccc2-c2c(-c3ccccc3)nc(-n3c4ccccc4c4cc5c6ccccc6n(-c6ccccc6)c5cc43)nc21. The minimum absolute atomic E-state index is 0.726. The first-order valence-electron chi connectivity index (χ1n) is 16.2. The van der Waals surface area contributed by atoms with E-state index < -0.39 is 8.07 Å². The van der Waals surface area contributed by atoms with Gasteiger partial charge in [0, 0.05) is 43.7 Å². The Bertz CT molecular complexity index is 2700. The van der Waals surface area contributed by atoms with E-state index in [0.29, 0.717) is 0 Å². The molecule has 3 aromatic heterocycles. The molecule has 4 nitrogen and oxygen atoms in total. The number of rotatable bonds is 3. The average molecular weight is 619 g/mol. The summed E-state index contributed by atoms with van der Waals surface area (Å²) in [5, 5.41) is 7.52. The zero-order valence-electron chi connectivity index (χ0n) is 26.1. The molecule has 0 amide bonds. The number of fused-ring (bicyclic) bond motifs is 9. The molecule has 0 spiro atoms. The molecule has 4 heterocycles. The Morgan fingerprint density at radius 1 is 0.489 bits per heavy atom. The Morgan fingerprint density at radius 3 is 1.79 bits per heavy atom. The molecule has 1 aliphatic heterocycles. The molecule has 10 rings (SSSR count). The first kappa shape index (κ1) is 26.4. The molecule has 0 saturated heterocycles. The van der Waals surface area contributed by atoms with Crippen LogP contribution in [-0.4, -0.2) is 27.2 Å². The molecular formula is C42H30N4Si. The van der Waals surface area contributed by atoms with Crippen LogP contribution in [0, 0.1) is 0 Å². The second kappa shape index (κ2) is 9.61. The maximum Gasteiger partial charge on any atom is 0.235 e. The third-order valence-corrected chi connectivity index (χ3v) is 13.4. The van der Waals surface area contributed by atoms with Crippen molar-refractivity contribution in [1.82, 2.24) is 19.1 Å². The topological polar surface area (TPSA) is 35.6 Å². The third-order valence-electron chi connectivity index (χ3n) is 10.1. The second-order valence-corrected chi connectivity index (χ2v) is 17.3. The maximum absolute atomic E-state index is 5.56. The lowest BCUT2D eigenvalue weighted by Crippen LogP contribution is -2.51. The van der Waals surface area contributed by atoms with Crippen LogP contribution in [0.5, 0.6) is 0 Å². The molecule has 222 valence electrons. The molecule has 5 heteroatoms. The Balaban J connectivity index is 1.35. The van der Waals surface area contributed by atoms with Gasteiger partial charge in [-0.15, -0.1) is 0 Å². The van der Waals surface area contributed by atoms with E-state index in [1.54, 1.807) is 0 Å². The number of nitrogens with zero attached hydrogens (tertiary/aromatic N) is 4. The van der Waals surface area contributed by atoms with Gasteiger partial charge in [-0.1, -0.05) is 122 Å². The van der Waals surface area contributed by atoms with E-state index in [1.807, 2.05) is 0 Å². The third kappa shape index (κ3) is 3.63. The summed E-state index contributed by atoms with van der Waals surface area (Å²) in [6.07, 6.45) is 0. The van der Waals surface area contributed by atoms with Crippen molar-refractivity contribution in [2.45, 2.75) is 13.1 Å². The molecule has 0 bridgehead atoms. The second-order valence-electron chi connectivity index (χ2n) is 13.1. The van der Waals surface area contributed by atoms with Crippen LogP contribution in [0.2, 0.25) is 13.1 Å². The van der Waals surface area contributed by atoms with Crippen LogP contribution >= 0.6 is 0 Å². The molecule has 47 heavy (non-hydrogen) atoms. The minimum Gasteiger partial charge on any atom is -0.309 e. The number of aromatic nitrogens is 4. The van der Waals surface area contributed by atoms with Crippen molar-refractivity contribution in [2.24, 2.45) is 0 Å². The van der Waals surface area contributed by atoms with Crippen LogP contribution in [0.1, 0.15) is 0 Å².